The van der Waals surface area contributed by atoms with Crippen LogP contribution in [0.15, 0.2) is 30.0 Å². The second-order valence-corrected chi connectivity index (χ2v) is 3.94. The summed E-state index contributed by atoms with van der Waals surface area (Å²) in [6.45, 7) is 4.13. The Morgan fingerprint density at radius 2 is 1.64 bits per heavy atom. The van der Waals surface area contributed by atoms with Gasteiger partial charge in [0.25, 0.3) is 5.78 Å². The zero-order chi connectivity index (χ0) is 16.8. The van der Waals surface area contributed by atoms with Gasteiger partial charge in [0.2, 0.25) is 5.76 Å². The number of carbonyl (C=O) groups excluding carboxylic acids is 1. The first-order valence-electron chi connectivity index (χ1n) is 5.38. The molecule has 2 nitrogen and oxygen atoms in total. The molecule has 1 radical (unpaired) electrons. The zero-order valence-electron chi connectivity index (χ0n) is 11.3. The number of aliphatic hydroxyl groups excluding tert-OH is 1. The third kappa shape index (κ3) is 9.57. The standard InChI is InChI=1S/C8H9.C5H2F6O2.Ir/c1-7-4-3-5-8(2)6-7;6-4(7,8)2(12)1-3(13)5(9,10)11;/h3-4,6H,1-2H3;1,12H;/q-1;;/b;2-1-;. The van der Waals surface area contributed by atoms with E-state index in [1.54, 1.807) is 0 Å². The van der Waals surface area contributed by atoms with Crippen molar-refractivity contribution in [1.29, 1.82) is 0 Å². The molecule has 0 heterocycles. The van der Waals surface area contributed by atoms with E-state index in [0.717, 1.165) is 0 Å². The molecule has 0 atom stereocenters. The Morgan fingerprint density at radius 3 is 1.91 bits per heavy atom. The van der Waals surface area contributed by atoms with Gasteiger partial charge in [0.15, 0.2) is 0 Å². The molecule has 127 valence electrons. The fraction of sp³-hybridized carbons (Fsp3) is 0.308. The molecule has 22 heavy (non-hydrogen) atoms. The third-order valence-electron chi connectivity index (χ3n) is 1.94. The van der Waals surface area contributed by atoms with Crippen LogP contribution in [-0.4, -0.2) is 23.2 Å². The Balaban J connectivity index is 0. The summed E-state index contributed by atoms with van der Waals surface area (Å²) < 4.78 is 68.1. The molecule has 0 spiro atoms. The summed E-state index contributed by atoms with van der Waals surface area (Å²) >= 11 is 0. The van der Waals surface area contributed by atoms with Gasteiger partial charge in [-0.1, -0.05) is 13.8 Å². The number of hydrogen-bond acceptors (Lipinski definition) is 2. The number of benzene rings is 1. The zero-order valence-corrected chi connectivity index (χ0v) is 13.7. The van der Waals surface area contributed by atoms with Gasteiger partial charge in [0.05, 0.1) is 0 Å². The number of halogens is 6. The number of alkyl halides is 6. The minimum Gasteiger partial charge on any atom is -0.504 e. The summed E-state index contributed by atoms with van der Waals surface area (Å²) in [5, 5.41) is 7.93. The molecule has 0 amide bonds. The van der Waals surface area contributed by atoms with Crippen molar-refractivity contribution in [3.05, 3.63) is 47.2 Å². The molecule has 0 aliphatic rings. The van der Waals surface area contributed by atoms with Crippen LogP contribution in [-0.2, 0) is 24.9 Å². The van der Waals surface area contributed by atoms with Gasteiger partial charge in [-0.3, -0.25) is 4.79 Å². The molecular formula is C13H11F6IrO2-. The Bertz CT molecular complexity index is 503. The minimum absolute atomic E-state index is 0. The van der Waals surface area contributed by atoms with Gasteiger partial charge in [0.1, 0.15) is 0 Å². The fourth-order valence-corrected chi connectivity index (χ4v) is 1.02. The van der Waals surface area contributed by atoms with E-state index in [9.17, 15) is 31.1 Å². The number of aryl methyl sites for hydroxylation is 2. The molecule has 0 bridgehead atoms. The van der Waals surface area contributed by atoms with Crippen LogP contribution >= 0.6 is 0 Å². The molecule has 0 unspecified atom stereocenters. The van der Waals surface area contributed by atoms with Gasteiger partial charge in [0, 0.05) is 26.2 Å². The van der Waals surface area contributed by atoms with Crippen molar-refractivity contribution in [3.63, 3.8) is 0 Å². The van der Waals surface area contributed by atoms with Gasteiger partial charge in [-0.25, -0.2) is 0 Å². The molecule has 0 fully saturated rings. The number of ketones is 1. The second kappa shape index (κ2) is 8.95. The molecular weight excluding hydrogens is 494 g/mol. The molecule has 1 aromatic rings. The van der Waals surface area contributed by atoms with Crippen molar-refractivity contribution in [2.45, 2.75) is 26.2 Å². The first kappa shape index (κ1) is 22.9. The maximum absolute atomic E-state index is 11.4. The molecule has 0 aliphatic heterocycles. The smallest absolute Gasteiger partial charge is 0.454 e. The van der Waals surface area contributed by atoms with E-state index in [-0.39, 0.29) is 20.1 Å². The van der Waals surface area contributed by atoms with Crippen molar-refractivity contribution in [1.82, 2.24) is 0 Å². The predicted octanol–water partition coefficient (Wildman–Crippen LogP) is 4.22. The van der Waals surface area contributed by atoms with Crippen LogP contribution in [0.5, 0.6) is 0 Å². The largest absolute Gasteiger partial charge is 0.504 e. The Hall–Kier alpha value is -1.34. The second-order valence-electron chi connectivity index (χ2n) is 3.94. The normalized spacial score (nSPS) is 11.9. The quantitative estimate of drug-likeness (QED) is 0.269. The van der Waals surface area contributed by atoms with Crippen LogP contribution in [0.2, 0.25) is 0 Å². The minimum atomic E-state index is -5.42. The van der Waals surface area contributed by atoms with Crippen molar-refractivity contribution in [2.75, 3.05) is 0 Å². The number of carbonyl (C=O) groups is 1. The Labute approximate surface area is 136 Å². The summed E-state index contributed by atoms with van der Waals surface area (Å²) in [5.74, 6) is -5.34. The number of hydrogen-bond donors (Lipinski definition) is 1. The van der Waals surface area contributed by atoms with E-state index >= 15 is 0 Å². The molecule has 1 rings (SSSR count). The van der Waals surface area contributed by atoms with Gasteiger partial charge in [-0.05, 0) is 0 Å². The van der Waals surface area contributed by atoms with E-state index in [4.69, 9.17) is 5.11 Å². The van der Waals surface area contributed by atoms with Crippen LogP contribution in [0.25, 0.3) is 0 Å². The van der Waals surface area contributed by atoms with Gasteiger partial charge < -0.3 is 5.11 Å². The topological polar surface area (TPSA) is 37.3 Å². The molecule has 0 saturated heterocycles. The van der Waals surface area contributed by atoms with Crippen molar-refractivity contribution in [2.24, 2.45) is 0 Å². The van der Waals surface area contributed by atoms with E-state index in [1.165, 1.54) is 11.1 Å². The maximum atomic E-state index is 11.4. The van der Waals surface area contributed by atoms with Gasteiger partial charge in [-0.2, -0.15) is 61.7 Å². The van der Waals surface area contributed by atoms with Crippen LogP contribution in [0.3, 0.4) is 0 Å². The SMILES string of the molecule is Cc1[c-]ccc(C)c1.O=C(/C=C(\O)C(F)(F)F)C(F)(F)F.[Ir]. The summed E-state index contributed by atoms with van der Waals surface area (Å²) in [6, 6.07) is 9.18. The van der Waals surface area contributed by atoms with Crippen LogP contribution in [0.4, 0.5) is 26.3 Å². The summed E-state index contributed by atoms with van der Waals surface area (Å²) in [7, 11) is 0. The van der Waals surface area contributed by atoms with Crippen LogP contribution in [0, 0.1) is 19.9 Å². The summed E-state index contributed by atoms with van der Waals surface area (Å²) in [4.78, 5) is 9.86. The van der Waals surface area contributed by atoms with Crippen molar-refractivity contribution >= 4 is 5.78 Å². The van der Waals surface area contributed by atoms with E-state index in [0.29, 0.717) is 0 Å². The molecule has 0 aliphatic carbocycles. The first-order valence-corrected chi connectivity index (χ1v) is 5.38. The Morgan fingerprint density at radius 1 is 1.14 bits per heavy atom. The molecule has 1 N–H and O–H groups in total. The van der Waals surface area contributed by atoms with Crippen molar-refractivity contribution < 1.29 is 56.3 Å². The Kier molecular flexibility index (Phi) is 9.33. The van der Waals surface area contributed by atoms with Crippen LogP contribution in [0.1, 0.15) is 11.1 Å². The maximum Gasteiger partial charge on any atom is 0.454 e. The average molecular weight is 505 g/mol. The van der Waals surface area contributed by atoms with E-state index < -0.39 is 30.0 Å². The fourth-order valence-electron chi connectivity index (χ4n) is 1.02. The van der Waals surface area contributed by atoms with E-state index in [1.807, 2.05) is 19.1 Å². The number of aliphatic hydroxyl groups is 1. The third-order valence-corrected chi connectivity index (χ3v) is 1.94. The molecule has 1 aromatic carbocycles. The molecule has 0 aromatic heterocycles. The average Bonchev–Trinajstić information content (AvgIpc) is 2.26. The van der Waals surface area contributed by atoms with Gasteiger partial charge >= 0.3 is 12.4 Å². The predicted molar refractivity (Wildman–Crippen MR) is 62.6 cm³/mol. The van der Waals surface area contributed by atoms with Crippen LogP contribution < -0.4 is 0 Å². The monoisotopic (exact) mass is 506 g/mol. The van der Waals surface area contributed by atoms with Crippen molar-refractivity contribution in [3.8, 4) is 0 Å². The number of allylic oxidation sites excluding steroid dienone is 2. The summed E-state index contributed by atoms with van der Waals surface area (Å²) in [5.41, 5.74) is 2.52. The summed E-state index contributed by atoms with van der Waals surface area (Å²) in [6.07, 6.45) is -11.7. The van der Waals surface area contributed by atoms with Gasteiger partial charge in [-0.15, -0.1) is 0 Å². The number of rotatable bonds is 1. The first-order chi connectivity index (χ1) is 9.34. The molecule has 9 heteroatoms. The molecule has 0 saturated carbocycles. The van der Waals surface area contributed by atoms with E-state index in [2.05, 4.69) is 19.1 Å².